The van der Waals surface area contributed by atoms with Crippen molar-refractivity contribution in [1.82, 2.24) is 29.2 Å². The molecule has 2 fully saturated rings. The van der Waals surface area contributed by atoms with Crippen LogP contribution in [0, 0.1) is 170 Å². The second-order valence-corrected chi connectivity index (χ2v) is 27.6. The van der Waals surface area contributed by atoms with E-state index in [2.05, 4.69) is 158 Å². The minimum absolute atomic E-state index is 0.0192. The Labute approximate surface area is 621 Å². The Morgan fingerprint density at radius 3 is 1.49 bits per heavy atom. The molecule has 1 amide bonds. The van der Waals surface area contributed by atoms with Gasteiger partial charge in [0.2, 0.25) is 21.8 Å². The third-order valence-corrected chi connectivity index (χ3v) is 18.0. The largest absolute Gasteiger partial charge is 0.459 e. The van der Waals surface area contributed by atoms with Crippen LogP contribution in [-0.4, -0.2) is 80.1 Å². The first kappa shape index (κ1) is 75.5. The molecular weight excluding hydrogens is 1370 g/mol. The van der Waals surface area contributed by atoms with E-state index in [0.717, 1.165) is 48.6 Å². The van der Waals surface area contributed by atoms with Crippen LogP contribution in [0.15, 0.2) is 127 Å². The molecule has 530 valence electrons. The highest BCUT2D eigenvalue weighted by Crippen LogP contribution is 2.44. The minimum atomic E-state index is -3.56. The predicted octanol–water partition coefficient (Wildman–Crippen LogP) is 14.8. The van der Waals surface area contributed by atoms with Crippen LogP contribution in [-0.2, 0) is 19.5 Å². The second kappa shape index (κ2) is 34.7. The van der Waals surface area contributed by atoms with Gasteiger partial charge in [0.1, 0.15) is 35.2 Å². The summed E-state index contributed by atoms with van der Waals surface area (Å²) in [7, 11) is -3.56. The lowest BCUT2D eigenvalue weighted by molar-refractivity contribution is -0.0253. The number of rotatable bonds is 14. The van der Waals surface area contributed by atoms with Gasteiger partial charge in [-0.05, 0) is 189 Å². The lowest BCUT2D eigenvalue weighted by Gasteiger charge is -2.37. The van der Waals surface area contributed by atoms with Crippen LogP contribution in [0.2, 0.25) is 0 Å². The lowest BCUT2D eigenvalue weighted by atomic mass is 9.75. The summed E-state index contributed by atoms with van der Waals surface area (Å²) < 4.78 is 58.3. The van der Waals surface area contributed by atoms with E-state index in [1.165, 1.54) is 38.2 Å². The number of H-pyrrole nitrogens is 2. The molecule has 0 bridgehead atoms. The molecule has 107 heavy (non-hydrogen) atoms. The van der Waals surface area contributed by atoms with E-state index in [-0.39, 0.29) is 92.8 Å². The molecule has 2 saturated carbocycles. The number of carbonyl (C=O) groups is 4. The van der Waals surface area contributed by atoms with Crippen LogP contribution in [0.5, 0.6) is 17.5 Å². The molecule has 9 aromatic rings. The fourth-order valence-corrected chi connectivity index (χ4v) is 13.8. The zero-order chi connectivity index (χ0) is 76.3. The first-order valence-electron chi connectivity index (χ1n) is 33.7. The second-order valence-electron chi connectivity index (χ2n) is 25.8. The molecule has 22 heteroatoms. The van der Waals surface area contributed by atoms with Crippen molar-refractivity contribution in [3.63, 3.8) is 0 Å². The SMILES string of the molecule is [C-]#[N+]c1c(C(=O)OC2C(C)CC(C)CC2C)c2nc(-c3ccc(C)cc3C)[nH]n2c1OC(=O)c1ccc(OC#CC#CC#CC#CC#CC#CC#CC#CC#C)cc1.[C-]#[N+]c1c(C(=O)OC2C(C)CC(C)CC2C)c2nc(-c3cccc(NS(C)(=O)=O)c3)[nH]n2c1OC(=O)N(c1ccccc1)c1ccccc1. The Kier molecular flexibility index (Phi) is 24.5. The topological polar surface area (TPSA) is 239 Å². The number of ether oxygens (including phenoxy) is 5. The number of amides is 1. The Hall–Kier alpha value is -14.2. The number of nitrogens with zero attached hydrogens (tertiary/aromatic N) is 7. The van der Waals surface area contributed by atoms with Crippen LogP contribution in [0.3, 0.4) is 0 Å². The Bertz CT molecular complexity index is 5710. The zero-order valence-electron chi connectivity index (χ0n) is 59.7. The summed E-state index contributed by atoms with van der Waals surface area (Å²) in [6.45, 7) is 32.7. The predicted molar refractivity (Wildman–Crippen MR) is 406 cm³/mol. The summed E-state index contributed by atoms with van der Waals surface area (Å²) in [5, 5.41) is 6.20. The minimum Gasteiger partial charge on any atom is -0.459 e. The molecule has 4 unspecified atom stereocenters. The number of hydrogen-bond donors (Lipinski definition) is 3. The van der Waals surface area contributed by atoms with Crippen molar-refractivity contribution in [1.29, 1.82) is 0 Å². The molecule has 5 aromatic carbocycles. The molecule has 0 saturated heterocycles. The molecular formula is C85H68N10O11S. The number of anilines is 3. The van der Waals surface area contributed by atoms with Gasteiger partial charge in [-0.3, -0.25) is 14.9 Å². The molecule has 2 aliphatic rings. The zero-order valence-corrected chi connectivity index (χ0v) is 60.5. The van der Waals surface area contributed by atoms with Gasteiger partial charge in [-0.1, -0.05) is 114 Å². The number of aryl methyl sites for hydroxylation is 2. The number of hydrogen-bond acceptors (Lipinski definition) is 13. The number of fused-ring (bicyclic) bond motifs is 2. The maximum Gasteiger partial charge on any atom is 0.424 e. The summed E-state index contributed by atoms with van der Waals surface area (Å²) >= 11 is 0. The van der Waals surface area contributed by atoms with Crippen molar-refractivity contribution in [2.75, 3.05) is 15.9 Å². The molecule has 3 N–H and O–H groups in total. The van der Waals surface area contributed by atoms with Gasteiger partial charge in [0.25, 0.3) is 11.4 Å². The average Bonchev–Trinajstić information content (AvgIpc) is 1.59. The van der Waals surface area contributed by atoms with Gasteiger partial charge in [0.15, 0.2) is 22.9 Å². The lowest BCUT2D eigenvalue weighted by Crippen LogP contribution is -2.37. The van der Waals surface area contributed by atoms with Gasteiger partial charge in [0.05, 0.1) is 36.3 Å². The third-order valence-electron chi connectivity index (χ3n) is 17.4. The van der Waals surface area contributed by atoms with Gasteiger partial charge in [-0.2, -0.15) is 0 Å². The number of esters is 3. The van der Waals surface area contributed by atoms with Gasteiger partial charge in [-0.25, -0.2) is 61.2 Å². The summed E-state index contributed by atoms with van der Waals surface area (Å²) in [5.41, 5.74) is 4.24. The number of nitrogens with one attached hydrogen (secondary N) is 3. The van der Waals surface area contributed by atoms with E-state index in [4.69, 9.17) is 48.2 Å². The highest BCUT2D eigenvalue weighted by molar-refractivity contribution is 7.92. The third kappa shape index (κ3) is 18.8. The normalized spacial score (nSPS) is 17.2. The summed E-state index contributed by atoms with van der Waals surface area (Å²) in [5.74, 6) is 39.1. The number of sulfonamides is 1. The molecule has 2 aliphatic carbocycles. The molecule has 11 rings (SSSR count). The van der Waals surface area contributed by atoms with E-state index in [9.17, 15) is 27.6 Å². The van der Waals surface area contributed by atoms with Gasteiger partial charge in [0, 0.05) is 64.2 Å². The number of aromatic nitrogens is 6. The molecule has 4 aromatic heterocycles. The van der Waals surface area contributed by atoms with Crippen molar-refractivity contribution >= 4 is 73.8 Å². The summed E-state index contributed by atoms with van der Waals surface area (Å²) in [6, 6.07) is 36.2. The van der Waals surface area contributed by atoms with Crippen molar-refractivity contribution in [3.8, 4) is 148 Å². The first-order valence-corrected chi connectivity index (χ1v) is 35.6. The summed E-state index contributed by atoms with van der Waals surface area (Å²) in [6.07, 6.45) is 10.5. The van der Waals surface area contributed by atoms with Crippen molar-refractivity contribution < 1.29 is 51.3 Å². The van der Waals surface area contributed by atoms with E-state index in [1.54, 1.807) is 72.8 Å². The van der Waals surface area contributed by atoms with Gasteiger partial charge in [-0.15, -0.1) is 6.42 Å². The molecule has 4 atom stereocenters. The van der Waals surface area contributed by atoms with Crippen LogP contribution < -0.4 is 23.8 Å². The van der Waals surface area contributed by atoms with Crippen molar-refractivity contribution in [3.05, 3.63) is 178 Å². The average molecular weight is 1440 g/mol. The van der Waals surface area contributed by atoms with E-state index in [0.29, 0.717) is 46.0 Å². The quantitative estimate of drug-likeness (QED) is 0.0522. The number of carbonyl (C=O) groups excluding carboxylic acids is 4. The highest BCUT2D eigenvalue weighted by Gasteiger charge is 2.40. The van der Waals surface area contributed by atoms with Crippen molar-refractivity contribution in [2.45, 2.75) is 93.3 Å². The van der Waals surface area contributed by atoms with E-state index < -0.39 is 34.0 Å². The van der Waals surface area contributed by atoms with Crippen LogP contribution in [0.1, 0.15) is 109 Å². The first-order chi connectivity index (χ1) is 51.5. The molecule has 4 heterocycles. The van der Waals surface area contributed by atoms with Gasteiger partial charge >= 0.3 is 24.0 Å². The number of para-hydroxylation sites is 2. The van der Waals surface area contributed by atoms with Crippen LogP contribution in [0.25, 0.3) is 43.8 Å². The Morgan fingerprint density at radius 1 is 0.561 bits per heavy atom. The number of terminal acetylenes is 1. The fraction of sp³-hybridized carbons (Fsp3) is 0.247. The number of benzene rings is 5. The summed E-state index contributed by atoms with van der Waals surface area (Å²) in [4.78, 5) is 73.7. The molecule has 0 aliphatic heterocycles. The maximum absolute atomic E-state index is 14.1. The van der Waals surface area contributed by atoms with Crippen molar-refractivity contribution in [2.24, 2.45) is 35.5 Å². The van der Waals surface area contributed by atoms with Gasteiger partial charge < -0.3 is 23.7 Å². The monoisotopic (exact) mass is 1440 g/mol. The molecule has 21 nitrogen and oxygen atoms in total. The van der Waals surface area contributed by atoms with Crippen LogP contribution >= 0.6 is 0 Å². The van der Waals surface area contributed by atoms with E-state index in [1.807, 2.05) is 58.0 Å². The number of aromatic amines is 2. The van der Waals surface area contributed by atoms with E-state index >= 15 is 0 Å². The molecule has 0 radical (unpaired) electrons. The highest BCUT2D eigenvalue weighted by atomic mass is 32.2. The maximum atomic E-state index is 14.1. The smallest absolute Gasteiger partial charge is 0.424 e. The fourth-order valence-electron chi connectivity index (χ4n) is 13.2. The molecule has 0 spiro atoms. The Balaban J connectivity index is 0.000000232. The van der Waals surface area contributed by atoms with Crippen LogP contribution in [0.4, 0.5) is 33.2 Å². The standard InChI is InChI=1S/C49H32N4O5.C36H36N6O6S/c1-8-9-10-11-12-13-14-15-16-17-18-19-20-21-22-23-30-56-40-27-25-39(26-28-40)48(54)58-47-43(50-7)42(49(55)57-44-37(5)32-35(3)33-38(44)6)46-51-45(52-53(46)47)41-29-24-34(2)31-36(41)4;1-22-19-23(2)31(24(3)20-22)47-35(43)29-30(37-4)34(48-36(44)41(27-15-8-6-9-16-27)28-17-10-7-11-18-28)42-33(29)38-32(39-42)25-13-12-14-26(21-25)40-49(5,45)46/h1,24-29,31,35,37-38,44H,32-33H2,2-6H3,(H,51,52);6-18,21-24,31,40H,19-20H2,1-3,5H3,(H,38,39). The Morgan fingerprint density at radius 2 is 1.02 bits per heavy atom.